The number of fused-ring (bicyclic) bond motifs is 2. The fourth-order valence-corrected chi connectivity index (χ4v) is 6.28. The highest BCUT2D eigenvalue weighted by Gasteiger charge is 2.47. The average Bonchev–Trinajstić information content (AvgIpc) is 3.51. The maximum absolute atomic E-state index is 14.4. The minimum Gasteiger partial charge on any atom is -0.467 e. The summed E-state index contributed by atoms with van der Waals surface area (Å²) in [5, 5.41) is 3.97. The third-order valence-corrected chi connectivity index (χ3v) is 8.62. The first-order chi connectivity index (χ1) is 20.7. The van der Waals surface area contributed by atoms with Crippen molar-refractivity contribution < 1.29 is 19.1 Å². The Bertz CT molecular complexity index is 1640. The summed E-state index contributed by atoms with van der Waals surface area (Å²) >= 11 is 0. The van der Waals surface area contributed by atoms with Gasteiger partial charge in [0.2, 0.25) is 5.91 Å². The second kappa shape index (κ2) is 12.5. The summed E-state index contributed by atoms with van der Waals surface area (Å²) in [5.74, 6) is -1.07. The SMILES string of the molecule is CCC(C)C(C(=O)NC(CC(C)C)C(=O)OC)N1C(=O)c2ccccc2C1c1c(-c2ccc(C)cc2)[nH]c2ccccc12. The molecule has 1 aromatic heterocycles. The highest BCUT2D eigenvalue weighted by molar-refractivity contribution is 6.04. The van der Waals surface area contributed by atoms with Gasteiger partial charge >= 0.3 is 5.97 Å². The molecule has 2 N–H and O–H groups in total. The molecule has 2 heterocycles. The van der Waals surface area contributed by atoms with E-state index in [-0.39, 0.29) is 23.7 Å². The number of carbonyl (C=O) groups is 3. The highest BCUT2D eigenvalue weighted by Crippen LogP contribution is 2.47. The van der Waals surface area contributed by atoms with E-state index in [9.17, 15) is 14.4 Å². The fraction of sp³-hybridized carbons (Fsp3) is 0.361. The number of methoxy groups -OCH3 is 1. The van der Waals surface area contributed by atoms with Crippen LogP contribution in [0.15, 0.2) is 72.8 Å². The number of nitrogens with zero attached hydrogens (tertiary/aromatic N) is 1. The van der Waals surface area contributed by atoms with Gasteiger partial charge in [-0.05, 0) is 48.4 Å². The van der Waals surface area contributed by atoms with Crippen LogP contribution in [0.2, 0.25) is 0 Å². The van der Waals surface area contributed by atoms with E-state index in [0.29, 0.717) is 18.4 Å². The van der Waals surface area contributed by atoms with Gasteiger partial charge in [-0.1, -0.05) is 100 Å². The molecule has 3 aromatic carbocycles. The summed E-state index contributed by atoms with van der Waals surface area (Å²) in [6, 6.07) is 21.9. The Kier molecular flexibility index (Phi) is 8.71. The van der Waals surface area contributed by atoms with Crippen molar-refractivity contribution in [3.05, 3.63) is 95.1 Å². The number of amides is 2. The molecule has 43 heavy (non-hydrogen) atoms. The minimum absolute atomic E-state index is 0.153. The lowest BCUT2D eigenvalue weighted by molar-refractivity contribution is -0.146. The Morgan fingerprint density at radius 1 is 0.977 bits per heavy atom. The topological polar surface area (TPSA) is 91.5 Å². The molecule has 224 valence electrons. The van der Waals surface area contributed by atoms with E-state index in [0.717, 1.165) is 38.9 Å². The molecule has 1 aliphatic rings. The first-order valence-corrected chi connectivity index (χ1v) is 15.1. The molecule has 2 amide bonds. The van der Waals surface area contributed by atoms with Crippen LogP contribution in [0, 0.1) is 18.8 Å². The van der Waals surface area contributed by atoms with E-state index in [4.69, 9.17) is 4.74 Å². The number of para-hydroxylation sites is 1. The summed E-state index contributed by atoms with van der Waals surface area (Å²) in [4.78, 5) is 46.8. The van der Waals surface area contributed by atoms with Gasteiger partial charge in [-0.2, -0.15) is 0 Å². The zero-order valence-electron chi connectivity index (χ0n) is 25.8. The molecule has 1 aliphatic heterocycles. The quantitative estimate of drug-likeness (QED) is 0.202. The van der Waals surface area contributed by atoms with Gasteiger partial charge in [0, 0.05) is 22.0 Å². The van der Waals surface area contributed by atoms with Gasteiger partial charge in [0.1, 0.15) is 12.1 Å². The van der Waals surface area contributed by atoms with E-state index in [1.807, 2.05) is 70.2 Å². The van der Waals surface area contributed by atoms with Crippen molar-refractivity contribution in [1.82, 2.24) is 15.2 Å². The zero-order chi connectivity index (χ0) is 30.8. The van der Waals surface area contributed by atoms with Crippen molar-refractivity contribution in [2.24, 2.45) is 11.8 Å². The molecule has 7 heteroatoms. The maximum atomic E-state index is 14.4. The van der Waals surface area contributed by atoms with Crippen molar-refractivity contribution in [3.8, 4) is 11.3 Å². The Labute approximate surface area is 253 Å². The molecule has 0 saturated heterocycles. The average molecular weight is 580 g/mol. The number of ether oxygens (including phenoxy) is 1. The van der Waals surface area contributed by atoms with E-state index in [1.54, 1.807) is 4.90 Å². The monoisotopic (exact) mass is 579 g/mol. The molecule has 0 fully saturated rings. The lowest BCUT2D eigenvalue weighted by atomic mass is 9.90. The predicted molar refractivity (Wildman–Crippen MR) is 170 cm³/mol. The zero-order valence-corrected chi connectivity index (χ0v) is 25.8. The fourth-order valence-electron chi connectivity index (χ4n) is 6.28. The highest BCUT2D eigenvalue weighted by atomic mass is 16.5. The molecule has 4 atom stereocenters. The number of nitrogens with one attached hydrogen (secondary N) is 2. The van der Waals surface area contributed by atoms with Crippen LogP contribution in [-0.4, -0.2) is 46.9 Å². The number of rotatable bonds is 10. The Balaban J connectivity index is 1.70. The summed E-state index contributed by atoms with van der Waals surface area (Å²) < 4.78 is 5.04. The summed E-state index contributed by atoms with van der Waals surface area (Å²) in [6.07, 6.45) is 1.10. The van der Waals surface area contributed by atoms with E-state index in [1.165, 1.54) is 7.11 Å². The normalized spacial score (nSPS) is 16.7. The standard InChI is InChI=1S/C36H41N3O4/c1-7-23(5)32(34(40)38-29(20-21(2)3)36(42)43-6)39-33(25-12-8-9-13-26(25)35(39)41)30-27-14-10-11-15-28(27)37-31(30)24-18-16-22(4)17-19-24/h8-19,21,23,29,32-33,37H,7,20H2,1-6H3,(H,38,40). The second-order valence-corrected chi connectivity index (χ2v) is 12.1. The van der Waals surface area contributed by atoms with Crippen LogP contribution in [0.4, 0.5) is 0 Å². The number of esters is 1. The van der Waals surface area contributed by atoms with Gasteiger partial charge in [-0.15, -0.1) is 0 Å². The molecule has 4 aromatic rings. The number of benzene rings is 3. The van der Waals surface area contributed by atoms with Crippen LogP contribution in [0.3, 0.4) is 0 Å². The van der Waals surface area contributed by atoms with Crippen molar-refractivity contribution in [2.75, 3.05) is 7.11 Å². The number of aryl methyl sites for hydroxylation is 1. The van der Waals surface area contributed by atoms with Gasteiger partial charge < -0.3 is 19.9 Å². The van der Waals surface area contributed by atoms with Gasteiger partial charge in [0.05, 0.1) is 18.8 Å². The number of aromatic nitrogens is 1. The molecule has 5 rings (SSSR count). The van der Waals surface area contributed by atoms with Crippen molar-refractivity contribution in [2.45, 2.75) is 65.6 Å². The molecule has 7 nitrogen and oxygen atoms in total. The van der Waals surface area contributed by atoms with Crippen LogP contribution < -0.4 is 5.32 Å². The Morgan fingerprint density at radius 2 is 1.65 bits per heavy atom. The van der Waals surface area contributed by atoms with E-state index in [2.05, 4.69) is 47.6 Å². The Hall–Kier alpha value is -4.39. The van der Waals surface area contributed by atoms with E-state index >= 15 is 0 Å². The molecule has 0 aliphatic carbocycles. The van der Waals surface area contributed by atoms with Gasteiger partial charge in [-0.25, -0.2) is 4.79 Å². The van der Waals surface area contributed by atoms with Crippen LogP contribution in [0.25, 0.3) is 22.2 Å². The summed E-state index contributed by atoms with van der Waals surface area (Å²) in [5.41, 5.74) is 6.41. The van der Waals surface area contributed by atoms with E-state index < -0.39 is 24.1 Å². The lowest BCUT2D eigenvalue weighted by Crippen LogP contribution is -2.55. The maximum Gasteiger partial charge on any atom is 0.328 e. The van der Waals surface area contributed by atoms with Crippen molar-refractivity contribution in [3.63, 3.8) is 0 Å². The molecular formula is C36H41N3O4. The third kappa shape index (κ3) is 5.68. The second-order valence-electron chi connectivity index (χ2n) is 12.1. The largest absolute Gasteiger partial charge is 0.467 e. The Morgan fingerprint density at radius 3 is 2.33 bits per heavy atom. The molecule has 0 bridgehead atoms. The number of carbonyl (C=O) groups excluding carboxylic acids is 3. The smallest absolute Gasteiger partial charge is 0.328 e. The van der Waals surface area contributed by atoms with Crippen LogP contribution in [0.1, 0.15) is 73.6 Å². The number of hydrogen-bond donors (Lipinski definition) is 2. The molecule has 0 radical (unpaired) electrons. The van der Waals surface area contributed by atoms with Crippen LogP contribution in [-0.2, 0) is 14.3 Å². The molecule has 0 saturated carbocycles. The van der Waals surface area contributed by atoms with Gasteiger partial charge in [0.15, 0.2) is 0 Å². The van der Waals surface area contributed by atoms with Crippen molar-refractivity contribution in [1.29, 1.82) is 0 Å². The summed E-state index contributed by atoms with van der Waals surface area (Å²) in [6.45, 7) is 10.1. The van der Waals surface area contributed by atoms with Gasteiger partial charge in [0.25, 0.3) is 5.91 Å². The first-order valence-electron chi connectivity index (χ1n) is 15.1. The third-order valence-electron chi connectivity index (χ3n) is 8.62. The van der Waals surface area contributed by atoms with Crippen LogP contribution in [0.5, 0.6) is 0 Å². The predicted octanol–water partition coefficient (Wildman–Crippen LogP) is 6.81. The first kappa shape index (κ1) is 30.1. The molecule has 0 spiro atoms. The lowest BCUT2D eigenvalue weighted by Gasteiger charge is -2.37. The number of aromatic amines is 1. The van der Waals surface area contributed by atoms with Crippen molar-refractivity contribution >= 4 is 28.7 Å². The molecular weight excluding hydrogens is 538 g/mol. The van der Waals surface area contributed by atoms with Crippen LogP contribution >= 0.6 is 0 Å². The number of H-pyrrole nitrogens is 1. The van der Waals surface area contributed by atoms with Gasteiger partial charge in [-0.3, -0.25) is 9.59 Å². The summed E-state index contributed by atoms with van der Waals surface area (Å²) in [7, 11) is 1.33. The number of hydrogen-bond acceptors (Lipinski definition) is 4. The molecule has 4 unspecified atom stereocenters. The minimum atomic E-state index is -0.825.